The minimum absolute atomic E-state index is 0.0151. The number of halogens is 2. The van der Waals surface area contributed by atoms with Gasteiger partial charge in [0.05, 0.1) is 4.90 Å². The fourth-order valence-electron chi connectivity index (χ4n) is 2.84. The lowest BCUT2D eigenvalue weighted by Crippen LogP contribution is -2.42. The maximum absolute atomic E-state index is 13.2. The van der Waals surface area contributed by atoms with Gasteiger partial charge in [-0.2, -0.15) is 4.31 Å². The Morgan fingerprint density at radius 1 is 1.35 bits per heavy atom. The molecule has 1 aromatic carbocycles. The second-order valence-corrected chi connectivity index (χ2v) is 9.51. The van der Waals surface area contributed by atoms with E-state index in [-0.39, 0.29) is 6.04 Å². The standard InChI is InChI=1S/C15H23Br2N3O2S/c1-11-8-13(10-19-11)20(7-3-2-6-18)23(21,22)15-9-12(16)4-5-14(15)17/h4-5,9,11,13,19H,2-3,6-8,10,18H2,1H3/t11-,13+/m0/s1. The van der Waals surface area contributed by atoms with Crippen LogP contribution in [-0.4, -0.2) is 44.4 Å². The van der Waals surface area contributed by atoms with Gasteiger partial charge in [-0.25, -0.2) is 8.42 Å². The molecular weight excluding hydrogens is 446 g/mol. The van der Waals surface area contributed by atoms with Gasteiger partial charge in [0.1, 0.15) is 0 Å². The van der Waals surface area contributed by atoms with Gasteiger partial charge in [0.2, 0.25) is 10.0 Å². The second-order valence-electron chi connectivity index (χ2n) is 5.89. The van der Waals surface area contributed by atoms with E-state index in [4.69, 9.17) is 5.73 Å². The lowest BCUT2D eigenvalue weighted by molar-refractivity contribution is 0.326. The highest BCUT2D eigenvalue weighted by Gasteiger charge is 2.35. The van der Waals surface area contributed by atoms with Gasteiger partial charge in [-0.15, -0.1) is 0 Å². The van der Waals surface area contributed by atoms with Crippen molar-refractivity contribution < 1.29 is 8.42 Å². The summed E-state index contributed by atoms with van der Waals surface area (Å²) in [5.74, 6) is 0. The lowest BCUT2D eigenvalue weighted by Gasteiger charge is -2.28. The van der Waals surface area contributed by atoms with Gasteiger partial charge in [-0.05, 0) is 66.9 Å². The minimum atomic E-state index is -3.57. The monoisotopic (exact) mass is 467 g/mol. The third-order valence-electron chi connectivity index (χ3n) is 4.05. The van der Waals surface area contributed by atoms with Crippen LogP contribution in [0, 0.1) is 0 Å². The Hall–Kier alpha value is 0.01000. The Kier molecular flexibility index (Phi) is 7.06. The second kappa shape index (κ2) is 8.40. The van der Waals surface area contributed by atoms with Crippen molar-refractivity contribution in [2.75, 3.05) is 19.6 Å². The third-order valence-corrected chi connectivity index (χ3v) is 7.49. The van der Waals surface area contributed by atoms with Gasteiger partial charge >= 0.3 is 0 Å². The predicted molar refractivity (Wildman–Crippen MR) is 99.9 cm³/mol. The Balaban J connectivity index is 2.33. The van der Waals surface area contributed by atoms with Crippen LogP contribution in [0.5, 0.6) is 0 Å². The number of hydrogen-bond acceptors (Lipinski definition) is 4. The lowest BCUT2D eigenvalue weighted by atomic mass is 10.2. The SMILES string of the molecule is C[C@H]1C[C@@H](N(CCCCN)S(=O)(=O)c2cc(Br)ccc2Br)CN1. The molecule has 1 aliphatic rings. The molecule has 0 saturated carbocycles. The molecule has 2 rings (SSSR count). The van der Waals surface area contributed by atoms with Gasteiger partial charge in [0.25, 0.3) is 0 Å². The zero-order valence-electron chi connectivity index (χ0n) is 13.1. The summed E-state index contributed by atoms with van der Waals surface area (Å²) in [5.41, 5.74) is 5.56. The molecule has 0 aliphatic carbocycles. The highest BCUT2D eigenvalue weighted by molar-refractivity contribution is 9.11. The molecule has 0 radical (unpaired) electrons. The molecule has 1 aromatic rings. The van der Waals surface area contributed by atoms with E-state index in [0.717, 1.165) is 23.7 Å². The first-order chi connectivity index (χ1) is 10.9. The van der Waals surface area contributed by atoms with E-state index in [2.05, 4.69) is 44.1 Å². The van der Waals surface area contributed by atoms with E-state index >= 15 is 0 Å². The van der Waals surface area contributed by atoms with Crippen molar-refractivity contribution in [1.82, 2.24) is 9.62 Å². The summed E-state index contributed by atoms with van der Waals surface area (Å²) in [6.07, 6.45) is 2.42. The van der Waals surface area contributed by atoms with Crippen LogP contribution in [0.3, 0.4) is 0 Å². The molecule has 1 saturated heterocycles. The molecule has 0 unspecified atom stereocenters. The van der Waals surface area contributed by atoms with E-state index in [1.807, 2.05) is 6.07 Å². The topological polar surface area (TPSA) is 75.4 Å². The van der Waals surface area contributed by atoms with Crippen LogP contribution in [-0.2, 0) is 10.0 Å². The number of nitrogens with zero attached hydrogens (tertiary/aromatic N) is 1. The Morgan fingerprint density at radius 3 is 2.70 bits per heavy atom. The Labute approximate surface area is 155 Å². The van der Waals surface area contributed by atoms with Crippen LogP contribution >= 0.6 is 31.9 Å². The summed E-state index contributed by atoms with van der Waals surface area (Å²) in [7, 11) is -3.57. The average Bonchev–Trinajstić information content (AvgIpc) is 2.92. The Bertz CT molecular complexity index is 640. The number of sulfonamides is 1. The summed E-state index contributed by atoms with van der Waals surface area (Å²) in [6, 6.07) is 5.55. The number of unbranched alkanes of at least 4 members (excludes halogenated alkanes) is 1. The van der Waals surface area contributed by atoms with Crippen molar-refractivity contribution >= 4 is 41.9 Å². The van der Waals surface area contributed by atoms with Crippen LogP contribution in [0.1, 0.15) is 26.2 Å². The van der Waals surface area contributed by atoms with Crippen LogP contribution in [0.4, 0.5) is 0 Å². The van der Waals surface area contributed by atoms with Gasteiger partial charge in [-0.3, -0.25) is 0 Å². The van der Waals surface area contributed by atoms with E-state index in [0.29, 0.717) is 35.0 Å². The van der Waals surface area contributed by atoms with Crippen molar-refractivity contribution in [3.63, 3.8) is 0 Å². The number of benzene rings is 1. The molecule has 5 nitrogen and oxygen atoms in total. The van der Waals surface area contributed by atoms with Crippen molar-refractivity contribution in [3.05, 3.63) is 27.1 Å². The first-order valence-corrected chi connectivity index (χ1v) is 10.8. The van der Waals surface area contributed by atoms with Crippen LogP contribution < -0.4 is 11.1 Å². The zero-order chi connectivity index (χ0) is 17.0. The minimum Gasteiger partial charge on any atom is -0.330 e. The summed E-state index contributed by atoms with van der Waals surface area (Å²) in [4.78, 5) is 0.305. The highest BCUT2D eigenvalue weighted by atomic mass is 79.9. The molecule has 1 heterocycles. The van der Waals surface area contributed by atoms with E-state index in [1.165, 1.54) is 0 Å². The highest BCUT2D eigenvalue weighted by Crippen LogP contribution is 2.30. The summed E-state index contributed by atoms with van der Waals surface area (Å²) >= 11 is 6.74. The largest absolute Gasteiger partial charge is 0.330 e. The van der Waals surface area contributed by atoms with E-state index in [1.54, 1.807) is 16.4 Å². The van der Waals surface area contributed by atoms with E-state index in [9.17, 15) is 8.42 Å². The molecule has 0 aromatic heterocycles. The molecule has 130 valence electrons. The summed E-state index contributed by atoms with van der Waals surface area (Å²) in [6.45, 7) is 3.85. The maximum atomic E-state index is 13.2. The van der Waals surface area contributed by atoms with Gasteiger partial charge in [0.15, 0.2) is 0 Å². The molecule has 0 bridgehead atoms. The summed E-state index contributed by atoms with van der Waals surface area (Å²) < 4.78 is 29.4. The number of nitrogens with one attached hydrogen (secondary N) is 1. The summed E-state index contributed by atoms with van der Waals surface area (Å²) in [5, 5.41) is 3.34. The molecule has 2 atom stereocenters. The van der Waals surface area contributed by atoms with Crippen molar-refractivity contribution in [3.8, 4) is 0 Å². The smallest absolute Gasteiger partial charge is 0.244 e. The van der Waals surface area contributed by atoms with Gasteiger partial charge in [-0.1, -0.05) is 15.9 Å². The molecule has 0 spiro atoms. The third kappa shape index (κ3) is 4.76. The molecule has 1 fully saturated rings. The van der Waals surface area contributed by atoms with Crippen molar-refractivity contribution in [2.24, 2.45) is 5.73 Å². The normalized spacial score (nSPS) is 22.0. The molecule has 8 heteroatoms. The molecule has 23 heavy (non-hydrogen) atoms. The Morgan fingerprint density at radius 2 is 2.09 bits per heavy atom. The van der Waals surface area contributed by atoms with Gasteiger partial charge < -0.3 is 11.1 Å². The molecular formula is C15H23Br2N3O2S. The van der Waals surface area contributed by atoms with Crippen LogP contribution in [0.25, 0.3) is 0 Å². The van der Waals surface area contributed by atoms with Crippen molar-refractivity contribution in [2.45, 2.75) is 43.2 Å². The molecule has 1 aliphatic heterocycles. The van der Waals surface area contributed by atoms with E-state index < -0.39 is 10.0 Å². The number of nitrogens with two attached hydrogens (primary N) is 1. The fourth-order valence-corrected chi connectivity index (χ4v) is 5.98. The number of hydrogen-bond donors (Lipinski definition) is 2. The van der Waals surface area contributed by atoms with Gasteiger partial charge in [0, 0.05) is 34.1 Å². The predicted octanol–water partition coefficient (Wildman–Crippen LogP) is 2.69. The number of rotatable bonds is 7. The maximum Gasteiger partial charge on any atom is 0.244 e. The first kappa shape index (κ1) is 19.3. The van der Waals surface area contributed by atoms with Crippen LogP contribution in [0.15, 0.2) is 32.0 Å². The zero-order valence-corrected chi connectivity index (χ0v) is 17.1. The molecule has 0 amide bonds. The fraction of sp³-hybridized carbons (Fsp3) is 0.600. The average molecular weight is 469 g/mol. The quantitative estimate of drug-likeness (QED) is 0.603. The molecule has 3 N–H and O–H groups in total. The van der Waals surface area contributed by atoms with Crippen LogP contribution in [0.2, 0.25) is 0 Å². The first-order valence-electron chi connectivity index (χ1n) is 7.76. The van der Waals surface area contributed by atoms with Crippen molar-refractivity contribution in [1.29, 1.82) is 0 Å².